The van der Waals surface area contributed by atoms with Crippen LogP contribution in [0.25, 0.3) is 16.6 Å². The zero-order chi connectivity index (χ0) is 19.7. The molecule has 0 unspecified atom stereocenters. The van der Waals surface area contributed by atoms with Gasteiger partial charge in [0.1, 0.15) is 5.01 Å². The maximum Gasteiger partial charge on any atom is 0.200 e. The summed E-state index contributed by atoms with van der Waals surface area (Å²) in [6, 6.07) is 13.3. The maximum atomic E-state index is 13.0. The number of aromatic nitrogens is 1. The molecule has 0 bridgehead atoms. The Labute approximate surface area is 166 Å². The highest BCUT2D eigenvalue weighted by molar-refractivity contribution is 7.17. The van der Waals surface area contributed by atoms with Gasteiger partial charge in [-0.15, -0.1) is 11.3 Å². The lowest BCUT2D eigenvalue weighted by Crippen LogP contribution is -2.12. The van der Waals surface area contributed by atoms with E-state index in [9.17, 15) is 9.90 Å². The maximum absolute atomic E-state index is 13.0. The number of hydrogen-bond acceptors (Lipinski definition) is 6. The SMILES string of the molecule is COc1cc(C=C2CCc3nc(-c4ccccc4)sc3C2=O)cc(OC)c1O. The van der Waals surface area contributed by atoms with Gasteiger partial charge in [0.2, 0.25) is 11.5 Å². The summed E-state index contributed by atoms with van der Waals surface area (Å²) in [6.07, 6.45) is 3.18. The van der Waals surface area contributed by atoms with Gasteiger partial charge in [-0.1, -0.05) is 30.3 Å². The summed E-state index contributed by atoms with van der Waals surface area (Å²) < 4.78 is 10.4. The minimum Gasteiger partial charge on any atom is -0.502 e. The number of benzene rings is 2. The van der Waals surface area contributed by atoms with E-state index in [1.807, 2.05) is 36.4 Å². The Morgan fingerprint density at radius 1 is 1.07 bits per heavy atom. The van der Waals surface area contributed by atoms with Crippen molar-refractivity contribution >= 4 is 23.2 Å². The molecule has 0 radical (unpaired) electrons. The molecule has 1 aromatic heterocycles. The van der Waals surface area contributed by atoms with Gasteiger partial charge in [-0.05, 0) is 36.6 Å². The molecular weight excluding hydrogens is 374 g/mol. The predicted molar refractivity (Wildman–Crippen MR) is 109 cm³/mol. The van der Waals surface area contributed by atoms with Crippen molar-refractivity contribution in [3.8, 4) is 27.8 Å². The van der Waals surface area contributed by atoms with E-state index in [2.05, 4.69) is 4.98 Å². The molecule has 28 heavy (non-hydrogen) atoms. The van der Waals surface area contributed by atoms with E-state index >= 15 is 0 Å². The number of methoxy groups -OCH3 is 2. The van der Waals surface area contributed by atoms with E-state index in [1.165, 1.54) is 25.6 Å². The number of fused-ring (bicyclic) bond motifs is 1. The van der Waals surface area contributed by atoms with Crippen molar-refractivity contribution in [3.05, 3.63) is 64.2 Å². The summed E-state index contributed by atoms with van der Waals surface area (Å²) >= 11 is 1.44. The van der Waals surface area contributed by atoms with Crippen LogP contribution in [-0.2, 0) is 6.42 Å². The largest absolute Gasteiger partial charge is 0.502 e. The molecule has 4 rings (SSSR count). The Morgan fingerprint density at radius 2 is 1.75 bits per heavy atom. The van der Waals surface area contributed by atoms with Gasteiger partial charge in [-0.3, -0.25) is 4.79 Å². The average molecular weight is 393 g/mol. The standard InChI is InChI=1S/C22H19NO4S/c1-26-17-11-13(12-18(27-2)20(17)25)10-15-8-9-16-21(19(15)24)28-22(23-16)14-6-4-3-5-7-14/h3-7,10-12,25H,8-9H2,1-2H3. The molecule has 1 heterocycles. The van der Waals surface area contributed by atoms with Gasteiger partial charge >= 0.3 is 0 Å². The zero-order valence-electron chi connectivity index (χ0n) is 15.6. The van der Waals surface area contributed by atoms with Crippen molar-refractivity contribution in [2.75, 3.05) is 14.2 Å². The second-order valence-corrected chi connectivity index (χ2v) is 7.43. The van der Waals surface area contributed by atoms with Crippen LogP contribution in [0.2, 0.25) is 0 Å². The number of ketones is 1. The van der Waals surface area contributed by atoms with Crippen LogP contribution in [0.15, 0.2) is 48.0 Å². The first-order chi connectivity index (χ1) is 13.6. The molecular formula is C22H19NO4S. The fourth-order valence-corrected chi connectivity index (χ4v) is 4.34. The molecule has 0 atom stereocenters. The van der Waals surface area contributed by atoms with Crippen molar-refractivity contribution in [2.24, 2.45) is 0 Å². The Kier molecular flexibility index (Phi) is 4.88. The Morgan fingerprint density at radius 3 is 2.39 bits per heavy atom. The minimum atomic E-state index is -0.0561. The van der Waals surface area contributed by atoms with Crippen LogP contribution in [0, 0.1) is 0 Å². The van der Waals surface area contributed by atoms with Gasteiger partial charge < -0.3 is 14.6 Å². The van der Waals surface area contributed by atoms with Crippen LogP contribution in [0.1, 0.15) is 27.3 Å². The number of thiazole rings is 1. The lowest BCUT2D eigenvalue weighted by molar-refractivity contribution is 0.103. The van der Waals surface area contributed by atoms with Gasteiger partial charge in [-0.2, -0.15) is 0 Å². The normalized spacial score (nSPS) is 14.8. The predicted octanol–water partition coefficient (Wildman–Crippen LogP) is 4.75. The van der Waals surface area contributed by atoms with Crippen LogP contribution < -0.4 is 9.47 Å². The quantitative estimate of drug-likeness (QED) is 0.648. The smallest absolute Gasteiger partial charge is 0.200 e. The second-order valence-electron chi connectivity index (χ2n) is 6.43. The topological polar surface area (TPSA) is 68.7 Å². The number of aryl methyl sites for hydroxylation is 1. The van der Waals surface area contributed by atoms with E-state index in [0.29, 0.717) is 28.4 Å². The van der Waals surface area contributed by atoms with Gasteiger partial charge in [0.25, 0.3) is 0 Å². The number of carbonyl (C=O) groups excluding carboxylic acids is 1. The molecule has 1 aliphatic rings. The first kappa shape index (κ1) is 18.3. The molecule has 1 N–H and O–H groups in total. The number of rotatable bonds is 4. The Bertz CT molecular complexity index is 1040. The van der Waals surface area contributed by atoms with Crippen molar-refractivity contribution < 1.29 is 19.4 Å². The number of hydrogen-bond donors (Lipinski definition) is 1. The van der Waals surface area contributed by atoms with E-state index in [0.717, 1.165) is 28.2 Å². The molecule has 1 aliphatic carbocycles. The third kappa shape index (κ3) is 3.27. The lowest BCUT2D eigenvalue weighted by Gasteiger charge is -2.13. The molecule has 0 amide bonds. The van der Waals surface area contributed by atoms with Crippen LogP contribution in [0.3, 0.4) is 0 Å². The number of ether oxygens (including phenoxy) is 2. The summed E-state index contributed by atoms with van der Waals surface area (Å²) in [5.74, 6) is 0.560. The first-order valence-electron chi connectivity index (χ1n) is 8.86. The highest BCUT2D eigenvalue weighted by Crippen LogP contribution is 2.39. The number of nitrogens with zero attached hydrogens (tertiary/aromatic N) is 1. The first-order valence-corrected chi connectivity index (χ1v) is 9.67. The monoisotopic (exact) mass is 393 g/mol. The molecule has 0 saturated carbocycles. The van der Waals surface area contributed by atoms with Crippen LogP contribution in [0.5, 0.6) is 17.2 Å². The summed E-state index contributed by atoms with van der Waals surface area (Å²) in [5.41, 5.74) is 3.34. The second kappa shape index (κ2) is 7.48. The van der Waals surface area contributed by atoms with Gasteiger partial charge in [0.05, 0.1) is 24.8 Å². The molecule has 2 aromatic carbocycles. The molecule has 3 aromatic rings. The number of allylic oxidation sites excluding steroid dienone is 1. The summed E-state index contributed by atoms with van der Waals surface area (Å²) in [7, 11) is 2.96. The molecule has 0 spiro atoms. The van der Waals surface area contributed by atoms with Gasteiger partial charge in [0, 0.05) is 11.1 Å². The fourth-order valence-electron chi connectivity index (χ4n) is 3.25. The number of Topliss-reactive ketones (excluding diaryl/α,β-unsaturated/α-hetero) is 1. The average Bonchev–Trinajstić information content (AvgIpc) is 3.17. The van der Waals surface area contributed by atoms with Gasteiger partial charge in [-0.25, -0.2) is 4.98 Å². The van der Waals surface area contributed by atoms with Crippen molar-refractivity contribution in [1.29, 1.82) is 0 Å². The molecule has 6 heteroatoms. The number of phenolic OH excluding ortho intramolecular Hbond substituents is 1. The van der Waals surface area contributed by atoms with Crippen molar-refractivity contribution in [2.45, 2.75) is 12.8 Å². The van der Waals surface area contributed by atoms with Crippen molar-refractivity contribution in [3.63, 3.8) is 0 Å². The van der Waals surface area contributed by atoms with Crippen LogP contribution >= 0.6 is 11.3 Å². The highest BCUT2D eigenvalue weighted by atomic mass is 32.1. The number of aromatic hydroxyl groups is 1. The fraction of sp³-hybridized carbons (Fsp3) is 0.182. The zero-order valence-corrected chi connectivity index (χ0v) is 16.4. The Hall–Kier alpha value is -3.12. The van der Waals surface area contributed by atoms with Crippen molar-refractivity contribution in [1.82, 2.24) is 4.98 Å². The molecule has 5 nitrogen and oxygen atoms in total. The third-order valence-corrected chi connectivity index (χ3v) is 5.84. The Balaban J connectivity index is 1.69. The molecule has 0 aliphatic heterocycles. The van der Waals surface area contributed by atoms with Crippen LogP contribution in [0.4, 0.5) is 0 Å². The van der Waals surface area contributed by atoms with Gasteiger partial charge in [0.15, 0.2) is 11.5 Å². The van der Waals surface area contributed by atoms with E-state index in [-0.39, 0.29) is 11.5 Å². The van der Waals surface area contributed by atoms with Crippen LogP contribution in [-0.4, -0.2) is 30.1 Å². The van der Waals surface area contributed by atoms with E-state index < -0.39 is 0 Å². The number of carbonyl (C=O) groups is 1. The molecule has 0 fully saturated rings. The third-order valence-electron chi connectivity index (χ3n) is 4.69. The molecule has 0 saturated heterocycles. The number of phenols is 1. The lowest BCUT2D eigenvalue weighted by atomic mass is 9.94. The van der Waals surface area contributed by atoms with E-state index in [4.69, 9.17) is 9.47 Å². The summed E-state index contributed by atoms with van der Waals surface area (Å²) in [6.45, 7) is 0. The summed E-state index contributed by atoms with van der Waals surface area (Å²) in [4.78, 5) is 18.4. The highest BCUT2D eigenvalue weighted by Gasteiger charge is 2.26. The molecule has 142 valence electrons. The van der Waals surface area contributed by atoms with E-state index in [1.54, 1.807) is 12.1 Å². The summed E-state index contributed by atoms with van der Waals surface area (Å²) in [5, 5.41) is 10.9. The minimum absolute atomic E-state index is 0.00643.